The summed E-state index contributed by atoms with van der Waals surface area (Å²) in [5, 5.41) is 0. The van der Waals surface area contributed by atoms with E-state index in [4.69, 9.17) is 4.74 Å². The second-order valence-corrected chi connectivity index (χ2v) is 7.57. The minimum absolute atomic E-state index is 0.00569. The molecule has 0 amide bonds. The molecule has 0 N–H and O–H groups in total. The highest BCUT2D eigenvalue weighted by Gasteiger charge is 2.33. The van der Waals surface area contributed by atoms with Crippen molar-refractivity contribution in [3.63, 3.8) is 0 Å². The largest absolute Gasteiger partial charge is 0.472 e. The van der Waals surface area contributed by atoms with E-state index >= 15 is 0 Å². The molecule has 1 aliphatic heterocycles. The number of halogens is 1. The summed E-state index contributed by atoms with van der Waals surface area (Å²) < 4.78 is 33.4. The molecule has 2 atom stereocenters. The van der Waals surface area contributed by atoms with Crippen LogP contribution in [-0.4, -0.2) is 25.2 Å². The Hall–Kier alpha value is -0.880. The smallest absolute Gasteiger partial charge is 0.286 e. The summed E-state index contributed by atoms with van der Waals surface area (Å²) in [7, 11) is -3.58. The third-order valence-corrected chi connectivity index (χ3v) is 5.85. The van der Waals surface area contributed by atoms with E-state index in [1.165, 1.54) is 6.42 Å². The Morgan fingerprint density at radius 3 is 2.74 bits per heavy atom. The zero-order chi connectivity index (χ0) is 13.5. The fraction of sp³-hybridized carbons (Fsp3) is 0.462. The van der Waals surface area contributed by atoms with Gasteiger partial charge in [-0.2, -0.15) is 8.42 Å². The molecule has 3 rings (SSSR count). The van der Waals surface area contributed by atoms with Crippen LogP contribution in [0.25, 0.3) is 0 Å². The van der Waals surface area contributed by atoms with Crippen molar-refractivity contribution in [1.29, 1.82) is 0 Å². The molecule has 0 bridgehead atoms. The molecular weight excluding hydrogens is 330 g/mol. The predicted octanol–water partition coefficient (Wildman–Crippen LogP) is 2.86. The summed E-state index contributed by atoms with van der Waals surface area (Å²) in [5.41, 5.74) is 0.577. The molecule has 4 nitrogen and oxygen atoms in total. The molecule has 6 heteroatoms. The van der Waals surface area contributed by atoms with Gasteiger partial charge in [-0.3, -0.25) is 0 Å². The van der Waals surface area contributed by atoms with Crippen LogP contribution >= 0.6 is 15.9 Å². The number of alkyl halides is 1. The van der Waals surface area contributed by atoms with Gasteiger partial charge in [-0.1, -0.05) is 34.5 Å². The second kappa shape index (κ2) is 4.90. The lowest BCUT2D eigenvalue weighted by Crippen LogP contribution is -2.30. The van der Waals surface area contributed by atoms with Gasteiger partial charge in [0.1, 0.15) is 11.0 Å². The Balaban J connectivity index is 1.90. The molecule has 1 saturated carbocycles. The fourth-order valence-electron chi connectivity index (χ4n) is 2.49. The molecular formula is C13H14BrNO3S. The molecule has 1 heterocycles. The average Bonchev–Trinajstić information content (AvgIpc) is 2.65. The van der Waals surface area contributed by atoms with Crippen LogP contribution in [0, 0.1) is 0 Å². The zero-order valence-corrected chi connectivity index (χ0v) is 12.7. The molecule has 1 aromatic rings. The lowest BCUT2D eigenvalue weighted by molar-refractivity contribution is 0.153. The number of fused-ring (bicyclic) bond motifs is 1. The highest BCUT2D eigenvalue weighted by molar-refractivity contribution is 9.09. The molecule has 102 valence electrons. The van der Waals surface area contributed by atoms with Crippen molar-refractivity contribution < 1.29 is 13.2 Å². The summed E-state index contributed by atoms with van der Waals surface area (Å²) in [6.45, 7) is 0. The Kier molecular flexibility index (Phi) is 3.39. The topological polar surface area (TPSA) is 55.7 Å². The van der Waals surface area contributed by atoms with Crippen molar-refractivity contribution >= 4 is 31.9 Å². The van der Waals surface area contributed by atoms with Gasteiger partial charge in [-0.15, -0.1) is 4.40 Å². The molecule has 2 aliphatic rings. The van der Waals surface area contributed by atoms with E-state index in [2.05, 4.69) is 20.3 Å². The van der Waals surface area contributed by atoms with Gasteiger partial charge in [0.2, 0.25) is 5.90 Å². The van der Waals surface area contributed by atoms with E-state index in [0.29, 0.717) is 5.56 Å². The second-order valence-electron chi connectivity index (χ2n) is 4.82. The standard InChI is InChI=1S/C13H14BrNO3S/c14-10-6-2-3-7-11(10)18-13-9-5-1-4-8-12(9)19(16,17)15-13/h1,4-5,8,10-11H,2-3,6-7H2/t10-,11-/m1/s1. The van der Waals surface area contributed by atoms with Crippen molar-refractivity contribution in [1.82, 2.24) is 0 Å². The Morgan fingerprint density at radius 1 is 1.21 bits per heavy atom. The number of benzene rings is 1. The molecule has 0 aromatic heterocycles. The van der Waals surface area contributed by atoms with Crippen LogP contribution in [0.3, 0.4) is 0 Å². The van der Waals surface area contributed by atoms with Crippen LogP contribution in [0.5, 0.6) is 0 Å². The van der Waals surface area contributed by atoms with Crippen LogP contribution in [0.2, 0.25) is 0 Å². The number of hydrogen-bond donors (Lipinski definition) is 0. The van der Waals surface area contributed by atoms with Crippen LogP contribution in [0.15, 0.2) is 33.6 Å². The van der Waals surface area contributed by atoms with Gasteiger partial charge in [-0.25, -0.2) is 0 Å². The third-order valence-electron chi connectivity index (χ3n) is 3.48. The van der Waals surface area contributed by atoms with Crippen molar-refractivity contribution in [2.75, 3.05) is 0 Å². The van der Waals surface area contributed by atoms with Gasteiger partial charge in [0, 0.05) is 0 Å². The van der Waals surface area contributed by atoms with Crippen LogP contribution in [-0.2, 0) is 14.8 Å². The van der Waals surface area contributed by atoms with Crippen LogP contribution in [0.1, 0.15) is 31.2 Å². The number of sulfonamides is 1. The van der Waals surface area contributed by atoms with Crippen molar-refractivity contribution in [3.8, 4) is 0 Å². The van der Waals surface area contributed by atoms with Crippen molar-refractivity contribution in [2.45, 2.75) is 41.5 Å². The predicted molar refractivity (Wildman–Crippen MR) is 76.2 cm³/mol. The minimum Gasteiger partial charge on any atom is -0.472 e. The van der Waals surface area contributed by atoms with Gasteiger partial charge >= 0.3 is 0 Å². The molecule has 0 unspecified atom stereocenters. The molecule has 1 aromatic carbocycles. The first-order valence-corrected chi connectivity index (χ1v) is 8.68. The van der Waals surface area contributed by atoms with E-state index in [1.807, 2.05) is 0 Å². The molecule has 0 spiro atoms. The summed E-state index contributed by atoms with van der Waals surface area (Å²) >= 11 is 3.60. The van der Waals surface area contributed by atoms with Crippen molar-refractivity contribution in [2.24, 2.45) is 4.40 Å². The third kappa shape index (κ3) is 2.43. The van der Waals surface area contributed by atoms with E-state index in [-0.39, 0.29) is 21.7 Å². The molecule has 1 aliphatic carbocycles. The molecule has 0 saturated heterocycles. The van der Waals surface area contributed by atoms with Gasteiger partial charge in [0.15, 0.2) is 0 Å². The van der Waals surface area contributed by atoms with Gasteiger partial charge in [-0.05, 0) is 31.4 Å². The maximum absolute atomic E-state index is 11.9. The first-order valence-electron chi connectivity index (χ1n) is 6.33. The monoisotopic (exact) mass is 343 g/mol. The number of rotatable bonds is 1. The lowest BCUT2D eigenvalue weighted by Gasteiger charge is -2.27. The fourth-order valence-corrected chi connectivity index (χ4v) is 4.33. The van der Waals surface area contributed by atoms with E-state index < -0.39 is 10.0 Å². The van der Waals surface area contributed by atoms with Crippen molar-refractivity contribution in [3.05, 3.63) is 29.8 Å². The van der Waals surface area contributed by atoms with Crippen LogP contribution in [0.4, 0.5) is 0 Å². The lowest BCUT2D eigenvalue weighted by atomic mass is 9.97. The Bertz CT molecular complexity index is 627. The number of nitrogens with zero attached hydrogens (tertiary/aromatic N) is 1. The Morgan fingerprint density at radius 2 is 1.95 bits per heavy atom. The summed E-state index contributed by atoms with van der Waals surface area (Å²) in [6, 6.07) is 6.80. The maximum atomic E-state index is 11.9. The molecule has 19 heavy (non-hydrogen) atoms. The van der Waals surface area contributed by atoms with Gasteiger partial charge < -0.3 is 4.74 Å². The van der Waals surface area contributed by atoms with Gasteiger partial charge in [0.25, 0.3) is 10.0 Å². The maximum Gasteiger partial charge on any atom is 0.286 e. The summed E-state index contributed by atoms with van der Waals surface area (Å²) in [6.07, 6.45) is 4.25. The van der Waals surface area contributed by atoms with Crippen LogP contribution < -0.4 is 0 Å². The first kappa shape index (κ1) is 13.1. The first-order chi connectivity index (χ1) is 9.08. The summed E-state index contributed by atoms with van der Waals surface area (Å²) in [4.78, 5) is 0.506. The summed E-state index contributed by atoms with van der Waals surface area (Å²) in [5.74, 6) is 0.243. The molecule has 1 fully saturated rings. The normalized spacial score (nSPS) is 28.6. The highest BCUT2D eigenvalue weighted by Crippen LogP contribution is 2.31. The zero-order valence-electron chi connectivity index (χ0n) is 10.3. The minimum atomic E-state index is -3.58. The molecule has 0 radical (unpaired) electrons. The van der Waals surface area contributed by atoms with Gasteiger partial charge in [0.05, 0.1) is 10.4 Å². The SMILES string of the molecule is O=S1(=O)N=C(O[C@@H]2CCCC[C@H]2Br)c2ccccc21. The number of hydrogen-bond acceptors (Lipinski definition) is 3. The van der Waals surface area contributed by atoms with E-state index in [9.17, 15) is 8.42 Å². The van der Waals surface area contributed by atoms with E-state index in [1.54, 1.807) is 24.3 Å². The average molecular weight is 344 g/mol. The van der Waals surface area contributed by atoms with E-state index in [0.717, 1.165) is 19.3 Å². The number of ether oxygens (including phenoxy) is 1. The quantitative estimate of drug-likeness (QED) is 0.736. The Labute approximate surface area is 121 Å². The highest BCUT2D eigenvalue weighted by atomic mass is 79.9.